The van der Waals surface area contributed by atoms with E-state index in [1.165, 1.54) is 0 Å². The zero-order valence-electron chi connectivity index (χ0n) is 14.8. The Morgan fingerprint density at radius 2 is 2.12 bits per heavy atom. The van der Waals surface area contributed by atoms with Crippen LogP contribution in [0.3, 0.4) is 0 Å². The van der Waals surface area contributed by atoms with Gasteiger partial charge in [0, 0.05) is 24.5 Å². The van der Waals surface area contributed by atoms with Crippen molar-refractivity contribution >= 4 is 17.4 Å². The maximum Gasteiger partial charge on any atom is 0.319 e. The van der Waals surface area contributed by atoms with E-state index in [0.717, 1.165) is 50.5 Å². The Morgan fingerprint density at radius 1 is 1.31 bits per heavy atom. The molecule has 9 nitrogen and oxygen atoms in total. The fraction of sp³-hybridized carbons (Fsp3) is 0.529. The molecule has 1 aromatic carbocycles. The van der Waals surface area contributed by atoms with Crippen LogP contribution in [0.25, 0.3) is 0 Å². The monoisotopic (exact) mass is 357 g/mol. The van der Waals surface area contributed by atoms with Crippen LogP contribution in [-0.2, 0) is 4.74 Å². The van der Waals surface area contributed by atoms with E-state index in [1.54, 1.807) is 0 Å². The van der Waals surface area contributed by atoms with Gasteiger partial charge in [-0.25, -0.2) is 9.48 Å². The molecular formula is C17H23N7O2. The molecule has 1 atom stereocenters. The number of morpholine rings is 1. The molecule has 2 fully saturated rings. The molecule has 1 unspecified atom stereocenters. The van der Waals surface area contributed by atoms with Crippen molar-refractivity contribution in [3.63, 3.8) is 0 Å². The lowest BCUT2D eigenvalue weighted by molar-refractivity contribution is 0.122. The molecular weight excluding hydrogens is 334 g/mol. The summed E-state index contributed by atoms with van der Waals surface area (Å²) < 4.78 is 7.20. The lowest BCUT2D eigenvalue weighted by atomic mass is 10.2. The Morgan fingerprint density at radius 3 is 2.88 bits per heavy atom. The van der Waals surface area contributed by atoms with Crippen molar-refractivity contribution in [3.8, 4) is 0 Å². The highest BCUT2D eigenvalue weighted by molar-refractivity contribution is 5.90. The van der Waals surface area contributed by atoms with Crippen LogP contribution in [-0.4, -0.2) is 52.5 Å². The number of rotatable bonds is 5. The third kappa shape index (κ3) is 3.77. The fourth-order valence-corrected chi connectivity index (χ4v) is 3.10. The van der Waals surface area contributed by atoms with Gasteiger partial charge >= 0.3 is 6.03 Å². The van der Waals surface area contributed by atoms with Gasteiger partial charge in [0.05, 0.1) is 25.3 Å². The van der Waals surface area contributed by atoms with Gasteiger partial charge in [-0.2, -0.15) is 0 Å². The maximum absolute atomic E-state index is 12.4. The first-order valence-electron chi connectivity index (χ1n) is 8.99. The number of nitrogens with zero attached hydrogens (tertiary/aromatic N) is 5. The molecule has 2 aliphatic rings. The van der Waals surface area contributed by atoms with Crippen molar-refractivity contribution in [2.24, 2.45) is 0 Å². The molecule has 2 amide bonds. The number of benzene rings is 1. The molecule has 1 saturated carbocycles. The van der Waals surface area contributed by atoms with Gasteiger partial charge in [-0.3, -0.25) is 0 Å². The fourth-order valence-electron chi connectivity index (χ4n) is 3.10. The number of hydrogen-bond acceptors (Lipinski definition) is 6. The number of urea groups is 1. The van der Waals surface area contributed by atoms with Crippen LogP contribution in [0.15, 0.2) is 24.3 Å². The van der Waals surface area contributed by atoms with Gasteiger partial charge in [0.25, 0.3) is 0 Å². The second-order valence-corrected chi connectivity index (χ2v) is 6.68. The second kappa shape index (κ2) is 7.28. The number of ether oxygens (including phenoxy) is 1. The summed E-state index contributed by atoms with van der Waals surface area (Å²) in [6, 6.07) is 7.66. The molecule has 26 heavy (non-hydrogen) atoms. The van der Waals surface area contributed by atoms with E-state index in [1.807, 2.05) is 35.9 Å². The molecule has 1 saturated heterocycles. The van der Waals surface area contributed by atoms with Gasteiger partial charge in [-0.1, -0.05) is 6.07 Å². The van der Waals surface area contributed by atoms with E-state index in [-0.39, 0.29) is 12.1 Å². The second-order valence-electron chi connectivity index (χ2n) is 6.68. The van der Waals surface area contributed by atoms with Crippen molar-refractivity contribution in [1.29, 1.82) is 0 Å². The van der Waals surface area contributed by atoms with Crippen molar-refractivity contribution < 1.29 is 9.53 Å². The molecule has 2 N–H and O–H groups in total. The summed E-state index contributed by atoms with van der Waals surface area (Å²) in [5.74, 6) is 0.685. The summed E-state index contributed by atoms with van der Waals surface area (Å²) in [5, 5.41) is 17.6. The smallest absolute Gasteiger partial charge is 0.319 e. The van der Waals surface area contributed by atoms with Crippen molar-refractivity contribution in [2.75, 3.05) is 36.5 Å². The third-order valence-corrected chi connectivity index (χ3v) is 4.63. The Hall–Kier alpha value is -2.68. The predicted octanol–water partition coefficient (Wildman–Crippen LogP) is 1.73. The highest BCUT2D eigenvalue weighted by atomic mass is 16.5. The highest BCUT2D eigenvalue weighted by Crippen LogP contribution is 2.35. The number of nitrogens with one attached hydrogen (secondary N) is 2. The van der Waals surface area contributed by atoms with Crippen LogP contribution in [0.1, 0.15) is 37.7 Å². The lowest BCUT2D eigenvalue weighted by Crippen LogP contribution is -2.36. The minimum atomic E-state index is -0.276. The first-order valence-corrected chi connectivity index (χ1v) is 8.99. The van der Waals surface area contributed by atoms with Crippen LogP contribution < -0.4 is 15.5 Å². The van der Waals surface area contributed by atoms with E-state index in [9.17, 15) is 4.79 Å². The molecule has 1 aromatic heterocycles. The molecule has 9 heteroatoms. The third-order valence-electron chi connectivity index (χ3n) is 4.63. The van der Waals surface area contributed by atoms with Crippen molar-refractivity contribution in [3.05, 3.63) is 30.1 Å². The number of carbonyl (C=O) groups is 1. The van der Waals surface area contributed by atoms with Crippen LogP contribution >= 0.6 is 0 Å². The molecule has 0 bridgehead atoms. The summed E-state index contributed by atoms with van der Waals surface area (Å²) in [5.41, 5.74) is 1.83. The number of carbonyl (C=O) groups excluding carboxylic acids is 1. The van der Waals surface area contributed by atoms with Gasteiger partial charge < -0.3 is 20.3 Å². The normalized spacial score (nSPS) is 18.4. The molecule has 2 aromatic rings. The van der Waals surface area contributed by atoms with E-state index in [4.69, 9.17) is 4.74 Å². The first kappa shape index (κ1) is 16.8. The predicted molar refractivity (Wildman–Crippen MR) is 96.1 cm³/mol. The van der Waals surface area contributed by atoms with Gasteiger partial charge in [-0.15, -0.1) is 5.10 Å². The van der Waals surface area contributed by atoms with Gasteiger partial charge in [-0.05, 0) is 48.4 Å². The van der Waals surface area contributed by atoms with Crippen LogP contribution in [0.4, 0.5) is 16.2 Å². The summed E-state index contributed by atoms with van der Waals surface area (Å²) in [7, 11) is 0. The minimum Gasteiger partial charge on any atom is -0.378 e. The standard InChI is InChI=1S/C17H23N7O2/c1-12(16-20-21-22-24(16)14-5-6-14)18-17(25)19-13-3-2-4-15(11-13)23-7-9-26-10-8-23/h2-4,11-12,14H,5-10H2,1H3,(H2,18,19,25). The van der Waals surface area contributed by atoms with E-state index < -0.39 is 0 Å². The quantitative estimate of drug-likeness (QED) is 0.846. The summed E-state index contributed by atoms with van der Waals surface area (Å²) in [6.07, 6.45) is 2.18. The number of amides is 2. The summed E-state index contributed by atoms with van der Waals surface area (Å²) >= 11 is 0. The average Bonchev–Trinajstić information content (AvgIpc) is 3.38. The number of aromatic nitrogens is 4. The van der Waals surface area contributed by atoms with E-state index in [2.05, 4.69) is 31.1 Å². The number of hydrogen-bond donors (Lipinski definition) is 2. The van der Waals surface area contributed by atoms with Gasteiger partial charge in [0.1, 0.15) is 0 Å². The van der Waals surface area contributed by atoms with Crippen molar-refractivity contribution in [2.45, 2.75) is 31.8 Å². The van der Waals surface area contributed by atoms with Gasteiger partial charge in [0.2, 0.25) is 0 Å². The number of anilines is 2. The first-order chi connectivity index (χ1) is 12.7. The van der Waals surface area contributed by atoms with Crippen LogP contribution in [0, 0.1) is 0 Å². The SMILES string of the molecule is CC(NC(=O)Nc1cccc(N2CCOCC2)c1)c1nnnn1C1CC1. The molecule has 1 aliphatic carbocycles. The minimum absolute atomic E-state index is 0.270. The van der Waals surface area contributed by atoms with Crippen LogP contribution in [0.5, 0.6) is 0 Å². The largest absolute Gasteiger partial charge is 0.378 e. The van der Waals surface area contributed by atoms with E-state index in [0.29, 0.717) is 11.9 Å². The molecule has 2 heterocycles. The molecule has 4 rings (SSSR count). The molecule has 138 valence electrons. The zero-order chi connectivity index (χ0) is 17.9. The number of tetrazole rings is 1. The Kier molecular flexibility index (Phi) is 4.70. The molecule has 1 aliphatic heterocycles. The molecule has 0 spiro atoms. The Balaban J connectivity index is 1.37. The highest BCUT2D eigenvalue weighted by Gasteiger charge is 2.29. The Labute approximate surface area is 151 Å². The lowest BCUT2D eigenvalue weighted by Gasteiger charge is -2.29. The Bertz CT molecular complexity index is 768. The summed E-state index contributed by atoms with van der Waals surface area (Å²) in [4.78, 5) is 14.6. The average molecular weight is 357 g/mol. The summed E-state index contributed by atoms with van der Waals surface area (Å²) in [6.45, 7) is 5.05. The van der Waals surface area contributed by atoms with Crippen LogP contribution in [0.2, 0.25) is 0 Å². The van der Waals surface area contributed by atoms with Gasteiger partial charge in [0.15, 0.2) is 5.82 Å². The zero-order valence-corrected chi connectivity index (χ0v) is 14.8. The van der Waals surface area contributed by atoms with Crippen molar-refractivity contribution in [1.82, 2.24) is 25.5 Å². The molecule has 0 radical (unpaired) electrons. The maximum atomic E-state index is 12.4. The van der Waals surface area contributed by atoms with E-state index >= 15 is 0 Å². The topological polar surface area (TPSA) is 97.2 Å².